The molecule has 1 aliphatic carbocycles. The minimum atomic E-state index is -0.0787. The SMILES string of the molecule is O=C1/C(=C\c2ccc(COc3cccc(Cl)c3)o2)NC(=S)N1C1CCCCC1. The molecule has 2 aliphatic rings. The number of rotatable bonds is 5. The molecule has 4 rings (SSSR count). The van der Waals surface area contributed by atoms with Crippen molar-refractivity contribution < 1.29 is 13.9 Å². The number of furan rings is 1. The Bertz CT molecular complexity index is 918. The van der Waals surface area contributed by atoms with Crippen LogP contribution >= 0.6 is 23.8 Å². The topological polar surface area (TPSA) is 54.7 Å². The largest absolute Gasteiger partial charge is 0.486 e. The van der Waals surface area contributed by atoms with E-state index in [1.54, 1.807) is 23.1 Å². The number of carbonyl (C=O) groups is 1. The van der Waals surface area contributed by atoms with Crippen molar-refractivity contribution in [3.8, 4) is 5.75 Å². The van der Waals surface area contributed by atoms with Gasteiger partial charge >= 0.3 is 0 Å². The molecule has 1 amide bonds. The number of amides is 1. The van der Waals surface area contributed by atoms with E-state index in [1.807, 2.05) is 24.3 Å². The van der Waals surface area contributed by atoms with Crippen LogP contribution in [0.15, 0.2) is 46.5 Å². The highest BCUT2D eigenvalue weighted by Gasteiger charge is 2.36. The standard InChI is InChI=1S/C21H21ClN2O3S/c22-14-5-4-8-16(11-14)26-13-18-10-9-17(27-18)12-19-20(25)24(21(28)23-19)15-6-2-1-3-7-15/h4-5,8-12,15H,1-3,6-7,13H2,(H,23,28)/b19-12+. The van der Waals surface area contributed by atoms with Crippen LogP contribution in [-0.2, 0) is 11.4 Å². The molecule has 0 spiro atoms. The van der Waals surface area contributed by atoms with Crippen molar-refractivity contribution in [3.05, 3.63) is 58.6 Å². The lowest BCUT2D eigenvalue weighted by molar-refractivity contribution is -0.124. The number of nitrogens with one attached hydrogen (secondary N) is 1. The average Bonchev–Trinajstić information content (AvgIpc) is 3.25. The number of ether oxygens (including phenoxy) is 1. The zero-order chi connectivity index (χ0) is 19.5. The molecular weight excluding hydrogens is 396 g/mol. The number of hydrogen-bond donors (Lipinski definition) is 1. The summed E-state index contributed by atoms with van der Waals surface area (Å²) in [5.74, 6) is 1.83. The monoisotopic (exact) mass is 416 g/mol. The molecule has 1 saturated heterocycles. The Morgan fingerprint density at radius 1 is 1.25 bits per heavy atom. The highest BCUT2D eigenvalue weighted by Crippen LogP contribution is 2.27. The van der Waals surface area contributed by atoms with Crippen LogP contribution < -0.4 is 10.1 Å². The van der Waals surface area contributed by atoms with E-state index in [4.69, 9.17) is 33.0 Å². The zero-order valence-corrected chi connectivity index (χ0v) is 16.9. The van der Waals surface area contributed by atoms with E-state index >= 15 is 0 Å². The lowest BCUT2D eigenvalue weighted by Gasteiger charge is -2.29. The fourth-order valence-corrected chi connectivity index (χ4v) is 4.14. The van der Waals surface area contributed by atoms with Crippen LogP contribution in [0.3, 0.4) is 0 Å². The summed E-state index contributed by atoms with van der Waals surface area (Å²) in [6, 6.07) is 11.0. The quantitative estimate of drug-likeness (QED) is 0.554. The maximum Gasteiger partial charge on any atom is 0.276 e. The van der Waals surface area contributed by atoms with Gasteiger partial charge in [0.1, 0.15) is 29.6 Å². The molecule has 2 aromatic rings. The van der Waals surface area contributed by atoms with Gasteiger partial charge in [-0.05, 0) is 55.4 Å². The van der Waals surface area contributed by atoms with Crippen LogP contribution in [0.5, 0.6) is 5.75 Å². The first-order valence-electron chi connectivity index (χ1n) is 9.43. The Balaban J connectivity index is 1.41. The molecule has 2 fully saturated rings. The molecule has 2 heterocycles. The normalized spacial score (nSPS) is 19.3. The molecule has 1 aromatic carbocycles. The summed E-state index contributed by atoms with van der Waals surface area (Å²) >= 11 is 11.3. The van der Waals surface area contributed by atoms with E-state index in [1.165, 1.54) is 6.42 Å². The van der Waals surface area contributed by atoms with Crippen molar-refractivity contribution in [1.82, 2.24) is 10.2 Å². The number of thiocarbonyl (C=S) groups is 1. The summed E-state index contributed by atoms with van der Waals surface area (Å²) in [5, 5.41) is 4.14. The summed E-state index contributed by atoms with van der Waals surface area (Å²) in [5.41, 5.74) is 0.451. The highest BCUT2D eigenvalue weighted by molar-refractivity contribution is 7.80. The summed E-state index contributed by atoms with van der Waals surface area (Å²) < 4.78 is 11.5. The van der Waals surface area contributed by atoms with Crippen LogP contribution in [0.1, 0.15) is 43.6 Å². The second-order valence-electron chi connectivity index (χ2n) is 7.01. The van der Waals surface area contributed by atoms with Gasteiger partial charge in [0.05, 0.1) is 0 Å². The minimum Gasteiger partial charge on any atom is -0.486 e. The summed E-state index contributed by atoms with van der Waals surface area (Å²) in [4.78, 5) is 14.5. The molecule has 1 aromatic heterocycles. The molecule has 1 aliphatic heterocycles. The van der Waals surface area contributed by atoms with Crippen molar-refractivity contribution in [3.63, 3.8) is 0 Å². The molecule has 1 saturated carbocycles. The molecule has 0 radical (unpaired) electrons. The minimum absolute atomic E-state index is 0.0787. The third kappa shape index (κ3) is 4.23. The Morgan fingerprint density at radius 2 is 2.07 bits per heavy atom. The van der Waals surface area contributed by atoms with Crippen LogP contribution in [0.4, 0.5) is 0 Å². The van der Waals surface area contributed by atoms with Gasteiger partial charge in [-0.2, -0.15) is 0 Å². The molecule has 28 heavy (non-hydrogen) atoms. The number of benzene rings is 1. The second-order valence-corrected chi connectivity index (χ2v) is 7.83. The van der Waals surface area contributed by atoms with E-state index in [0.29, 0.717) is 33.1 Å². The number of carbonyl (C=O) groups excluding carboxylic acids is 1. The second kappa shape index (κ2) is 8.37. The van der Waals surface area contributed by atoms with Gasteiger partial charge in [0, 0.05) is 17.1 Å². The van der Waals surface area contributed by atoms with Crippen molar-refractivity contribution in [2.45, 2.75) is 44.8 Å². The molecule has 0 atom stereocenters. The van der Waals surface area contributed by atoms with Crippen LogP contribution in [0.2, 0.25) is 5.02 Å². The average molecular weight is 417 g/mol. The van der Waals surface area contributed by atoms with E-state index in [-0.39, 0.29) is 18.6 Å². The Hall–Kier alpha value is -2.31. The van der Waals surface area contributed by atoms with E-state index < -0.39 is 0 Å². The van der Waals surface area contributed by atoms with Gasteiger partial charge < -0.3 is 14.5 Å². The molecule has 5 nitrogen and oxygen atoms in total. The molecule has 0 unspecified atom stereocenters. The van der Waals surface area contributed by atoms with E-state index in [2.05, 4.69) is 5.32 Å². The van der Waals surface area contributed by atoms with Crippen molar-refractivity contribution in [2.75, 3.05) is 0 Å². The van der Waals surface area contributed by atoms with Crippen molar-refractivity contribution in [1.29, 1.82) is 0 Å². The smallest absolute Gasteiger partial charge is 0.276 e. The maximum atomic E-state index is 12.8. The predicted molar refractivity (Wildman–Crippen MR) is 112 cm³/mol. The first kappa shape index (κ1) is 19.0. The first-order chi connectivity index (χ1) is 13.6. The third-order valence-electron chi connectivity index (χ3n) is 5.00. The van der Waals surface area contributed by atoms with E-state index in [0.717, 1.165) is 25.7 Å². The predicted octanol–water partition coefficient (Wildman–Crippen LogP) is 4.90. The van der Waals surface area contributed by atoms with Crippen LogP contribution in [0.25, 0.3) is 6.08 Å². The zero-order valence-electron chi connectivity index (χ0n) is 15.3. The molecule has 0 bridgehead atoms. The lowest BCUT2D eigenvalue weighted by Crippen LogP contribution is -2.41. The molecule has 1 N–H and O–H groups in total. The molecule has 146 valence electrons. The third-order valence-corrected chi connectivity index (χ3v) is 5.53. The number of hydrogen-bond acceptors (Lipinski definition) is 4. The maximum absolute atomic E-state index is 12.8. The van der Waals surface area contributed by atoms with Crippen molar-refractivity contribution in [2.24, 2.45) is 0 Å². The summed E-state index contributed by atoms with van der Waals surface area (Å²) in [6.07, 6.45) is 7.22. The fraction of sp³-hybridized carbons (Fsp3) is 0.333. The van der Waals surface area contributed by atoms with E-state index in [9.17, 15) is 4.79 Å². The Morgan fingerprint density at radius 3 is 2.86 bits per heavy atom. The van der Waals surface area contributed by atoms with Gasteiger partial charge in [-0.25, -0.2) is 0 Å². The van der Waals surface area contributed by atoms with Crippen LogP contribution in [-0.4, -0.2) is 22.0 Å². The van der Waals surface area contributed by atoms with Gasteiger partial charge in [-0.1, -0.05) is 36.9 Å². The summed E-state index contributed by atoms with van der Waals surface area (Å²) in [7, 11) is 0. The lowest BCUT2D eigenvalue weighted by atomic mass is 9.94. The van der Waals surface area contributed by atoms with Gasteiger partial charge in [0.15, 0.2) is 5.11 Å². The van der Waals surface area contributed by atoms with Gasteiger partial charge in [-0.15, -0.1) is 0 Å². The van der Waals surface area contributed by atoms with Crippen LogP contribution in [0, 0.1) is 0 Å². The van der Waals surface area contributed by atoms with Gasteiger partial charge in [0.2, 0.25) is 0 Å². The fourth-order valence-electron chi connectivity index (χ4n) is 3.62. The number of halogens is 1. The summed E-state index contributed by atoms with van der Waals surface area (Å²) in [6.45, 7) is 0.275. The van der Waals surface area contributed by atoms with Gasteiger partial charge in [-0.3, -0.25) is 9.69 Å². The van der Waals surface area contributed by atoms with Crippen molar-refractivity contribution >= 4 is 40.9 Å². The Labute approximate surface area is 174 Å². The Kier molecular flexibility index (Phi) is 5.69. The van der Waals surface area contributed by atoms with Gasteiger partial charge in [0.25, 0.3) is 5.91 Å². The first-order valence-corrected chi connectivity index (χ1v) is 10.2. The number of nitrogens with zero attached hydrogens (tertiary/aromatic N) is 1. The molecule has 7 heteroatoms. The highest BCUT2D eigenvalue weighted by atomic mass is 35.5. The molecular formula is C21H21ClN2O3S.